The van der Waals surface area contributed by atoms with Crippen LogP contribution in [-0.2, 0) is 7.05 Å². The fraction of sp³-hybridized carbons (Fsp3) is 0.750. The Kier molecular flexibility index (Phi) is 5.49. The molecule has 5 heteroatoms. The molecule has 4 nitrogen and oxygen atoms in total. The minimum Gasteiger partial charge on any atom is -0.395 e. The molecule has 0 aliphatic carbocycles. The Bertz CT molecular complexity index is 352. The third kappa shape index (κ3) is 4.33. The highest BCUT2D eigenvalue weighted by atomic mass is 32.2. The zero-order valence-electron chi connectivity index (χ0n) is 11.1. The molecule has 0 spiro atoms. The number of aliphatic hydroxyl groups excluding tert-OH is 1. The number of hydrogen-bond donors (Lipinski definition) is 2. The lowest BCUT2D eigenvalue weighted by Gasteiger charge is -2.22. The van der Waals surface area contributed by atoms with Gasteiger partial charge in [0.25, 0.3) is 0 Å². The van der Waals surface area contributed by atoms with Crippen molar-refractivity contribution in [2.75, 3.05) is 6.61 Å². The Morgan fingerprint density at radius 3 is 2.59 bits per heavy atom. The molecule has 0 aliphatic rings. The van der Waals surface area contributed by atoms with Crippen molar-refractivity contribution in [2.24, 2.45) is 18.7 Å². The molecule has 3 N–H and O–H groups in total. The van der Waals surface area contributed by atoms with Crippen molar-refractivity contribution >= 4 is 11.8 Å². The monoisotopic (exact) mass is 257 g/mol. The summed E-state index contributed by atoms with van der Waals surface area (Å²) in [7, 11) is 1.91. The minimum absolute atomic E-state index is 0.0141. The van der Waals surface area contributed by atoms with Gasteiger partial charge in [-0.05, 0) is 25.3 Å². The number of nitrogens with zero attached hydrogens (tertiary/aromatic N) is 2. The first-order valence-corrected chi connectivity index (χ1v) is 6.85. The zero-order chi connectivity index (χ0) is 13.0. The second-order valence-electron chi connectivity index (χ2n) is 4.88. The van der Waals surface area contributed by atoms with E-state index in [0.717, 1.165) is 17.1 Å². The summed E-state index contributed by atoms with van der Waals surface area (Å²) in [4.78, 5) is 0. The second kappa shape index (κ2) is 6.42. The summed E-state index contributed by atoms with van der Waals surface area (Å²) >= 11 is 1.61. The zero-order valence-corrected chi connectivity index (χ0v) is 11.9. The van der Waals surface area contributed by atoms with Gasteiger partial charge in [0.1, 0.15) is 0 Å². The van der Waals surface area contributed by atoms with Crippen LogP contribution in [0, 0.1) is 12.8 Å². The van der Waals surface area contributed by atoms with E-state index in [1.165, 1.54) is 0 Å². The number of thioether (sulfide) groups is 1. The van der Waals surface area contributed by atoms with Crippen molar-refractivity contribution in [2.45, 2.75) is 43.5 Å². The van der Waals surface area contributed by atoms with Crippen LogP contribution >= 0.6 is 11.8 Å². The average Bonchev–Trinajstić information content (AvgIpc) is 2.52. The topological polar surface area (TPSA) is 64.1 Å². The summed E-state index contributed by atoms with van der Waals surface area (Å²) in [6, 6.07) is 2.04. The van der Waals surface area contributed by atoms with Gasteiger partial charge in [-0.3, -0.25) is 4.68 Å². The van der Waals surface area contributed by atoms with Crippen LogP contribution in [0.2, 0.25) is 0 Å². The molecule has 17 heavy (non-hydrogen) atoms. The predicted octanol–water partition coefficient (Wildman–Crippen LogP) is 1.55. The van der Waals surface area contributed by atoms with Gasteiger partial charge in [0.2, 0.25) is 0 Å². The van der Waals surface area contributed by atoms with E-state index in [1.807, 2.05) is 24.7 Å². The lowest BCUT2D eigenvalue weighted by atomic mass is 10.0. The van der Waals surface area contributed by atoms with Gasteiger partial charge in [-0.25, -0.2) is 0 Å². The Balaban J connectivity index is 2.66. The van der Waals surface area contributed by atoms with Crippen molar-refractivity contribution in [1.29, 1.82) is 0 Å². The standard InChI is InChI=1S/C12H23N3OS/c1-8(2)5-10(13)11(7-16)17-12-6-9(3)14-15(12)4/h6,8,10-11,16H,5,7,13H2,1-4H3. The first kappa shape index (κ1) is 14.5. The van der Waals surface area contributed by atoms with Crippen LogP contribution in [0.25, 0.3) is 0 Å². The molecule has 2 unspecified atom stereocenters. The van der Waals surface area contributed by atoms with Crippen LogP contribution in [0.4, 0.5) is 0 Å². The number of hydrogen-bond acceptors (Lipinski definition) is 4. The van der Waals surface area contributed by atoms with Crippen molar-refractivity contribution in [3.63, 3.8) is 0 Å². The Hall–Kier alpha value is -0.520. The van der Waals surface area contributed by atoms with E-state index in [0.29, 0.717) is 5.92 Å². The molecule has 0 amide bonds. The number of nitrogens with two attached hydrogens (primary N) is 1. The van der Waals surface area contributed by atoms with Gasteiger partial charge in [0.05, 0.1) is 17.3 Å². The molecule has 2 atom stereocenters. The molecule has 0 saturated carbocycles. The maximum atomic E-state index is 9.44. The van der Waals surface area contributed by atoms with Gasteiger partial charge in [-0.1, -0.05) is 25.6 Å². The summed E-state index contributed by atoms with van der Waals surface area (Å²) in [5.74, 6) is 0.549. The number of aryl methyl sites for hydroxylation is 2. The SMILES string of the molecule is Cc1cc(SC(CO)C(N)CC(C)C)n(C)n1. The molecule has 0 aromatic carbocycles. The summed E-state index contributed by atoms with van der Waals surface area (Å²) in [5.41, 5.74) is 7.11. The summed E-state index contributed by atoms with van der Waals surface area (Å²) in [6.45, 7) is 6.36. The molecular weight excluding hydrogens is 234 g/mol. The van der Waals surface area contributed by atoms with E-state index in [-0.39, 0.29) is 17.9 Å². The first-order chi connectivity index (χ1) is 7.93. The Labute approximate surface area is 108 Å². The molecule has 1 aromatic rings. The average molecular weight is 257 g/mol. The molecule has 0 aliphatic heterocycles. The highest BCUT2D eigenvalue weighted by Gasteiger charge is 2.20. The van der Waals surface area contributed by atoms with Gasteiger partial charge in [-0.15, -0.1) is 0 Å². The fourth-order valence-corrected chi connectivity index (χ4v) is 2.91. The van der Waals surface area contributed by atoms with E-state index in [2.05, 4.69) is 18.9 Å². The third-order valence-corrected chi connectivity index (χ3v) is 4.06. The molecule has 98 valence electrons. The van der Waals surface area contributed by atoms with Gasteiger partial charge in [-0.2, -0.15) is 5.10 Å². The molecule has 0 fully saturated rings. The van der Waals surface area contributed by atoms with E-state index < -0.39 is 0 Å². The predicted molar refractivity (Wildman–Crippen MR) is 72.1 cm³/mol. The smallest absolute Gasteiger partial charge is 0.0943 e. The van der Waals surface area contributed by atoms with E-state index in [4.69, 9.17) is 5.73 Å². The highest BCUT2D eigenvalue weighted by Crippen LogP contribution is 2.26. The van der Waals surface area contributed by atoms with Gasteiger partial charge in [0.15, 0.2) is 0 Å². The molecule has 0 radical (unpaired) electrons. The maximum absolute atomic E-state index is 9.44. The molecule has 0 bridgehead atoms. The van der Waals surface area contributed by atoms with E-state index >= 15 is 0 Å². The van der Waals surface area contributed by atoms with Crippen molar-refractivity contribution in [3.05, 3.63) is 11.8 Å². The van der Waals surface area contributed by atoms with Crippen LogP contribution in [0.5, 0.6) is 0 Å². The fourth-order valence-electron chi connectivity index (χ4n) is 1.81. The first-order valence-electron chi connectivity index (χ1n) is 5.97. The molecule has 1 aromatic heterocycles. The van der Waals surface area contributed by atoms with Gasteiger partial charge >= 0.3 is 0 Å². The quantitative estimate of drug-likeness (QED) is 0.759. The van der Waals surface area contributed by atoms with Crippen LogP contribution in [0.15, 0.2) is 11.1 Å². The Morgan fingerprint density at radius 1 is 1.53 bits per heavy atom. The van der Waals surface area contributed by atoms with Crippen molar-refractivity contribution in [3.8, 4) is 0 Å². The van der Waals surface area contributed by atoms with Gasteiger partial charge in [0, 0.05) is 18.3 Å². The molecule has 1 heterocycles. The van der Waals surface area contributed by atoms with E-state index in [9.17, 15) is 5.11 Å². The maximum Gasteiger partial charge on any atom is 0.0943 e. The lowest BCUT2D eigenvalue weighted by molar-refractivity contribution is 0.274. The largest absolute Gasteiger partial charge is 0.395 e. The minimum atomic E-state index is 0.0141. The van der Waals surface area contributed by atoms with Crippen LogP contribution in [0.1, 0.15) is 26.0 Å². The van der Waals surface area contributed by atoms with Crippen molar-refractivity contribution < 1.29 is 5.11 Å². The molecule has 0 saturated heterocycles. The van der Waals surface area contributed by atoms with Crippen LogP contribution < -0.4 is 5.73 Å². The van der Waals surface area contributed by atoms with Gasteiger partial charge < -0.3 is 10.8 Å². The second-order valence-corrected chi connectivity index (χ2v) is 6.14. The summed E-state index contributed by atoms with van der Waals surface area (Å²) < 4.78 is 1.84. The number of rotatable bonds is 6. The molecule has 1 rings (SSSR count). The lowest BCUT2D eigenvalue weighted by Crippen LogP contribution is -2.36. The summed E-state index contributed by atoms with van der Waals surface area (Å²) in [5, 5.41) is 14.8. The highest BCUT2D eigenvalue weighted by molar-refractivity contribution is 8.00. The third-order valence-electron chi connectivity index (χ3n) is 2.63. The van der Waals surface area contributed by atoms with Crippen LogP contribution in [-0.4, -0.2) is 32.8 Å². The summed E-state index contributed by atoms with van der Waals surface area (Å²) in [6.07, 6.45) is 0.926. The number of aromatic nitrogens is 2. The van der Waals surface area contributed by atoms with Crippen LogP contribution in [0.3, 0.4) is 0 Å². The number of aliphatic hydroxyl groups is 1. The van der Waals surface area contributed by atoms with Crippen molar-refractivity contribution in [1.82, 2.24) is 9.78 Å². The normalized spacial score (nSPS) is 15.2. The van der Waals surface area contributed by atoms with E-state index in [1.54, 1.807) is 11.8 Å². The Morgan fingerprint density at radius 2 is 2.18 bits per heavy atom. The molecular formula is C12H23N3OS.